The van der Waals surface area contributed by atoms with Gasteiger partial charge in [-0.05, 0) is 49.9 Å². The highest BCUT2D eigenvalue weighted by Crippen LogP contribution is 2.42. The highest BCUT2D eigenvalue weighted by atomic mass is 16.5. The van der Waals surface area contributed by atoms with E-state index in [1.807, 2.05) is 13.8 Å². The summed E-state index contributed by atoms with van der Waals surface area (Å²) in [6.45, 7) is 4.55. The number of esters is 1. The van der Waals surface area contributed by atoms with E-state index in [1.165, 1.54) is 12.7 Å². The second-order valence-corrected chi connectivity index (χ2v) is 7.66. The Morgan fingerprint density at radius 3 is 2.38 bits per heavy atom. The molecule has 1 aliphatic carbocycles. The van der Waals surface area contributed by atoms with Gasteiger partial charge in [-0.1, -0.05) is 49.6 Å². The zero-order valence-corrected chi connectivity index (χ0v) is 17.4. The summed E-state index contributed by atoms with van der Waals surface area (Å²) in [6, 6.07) is 13.3. The Morgan fingerprint density at radius 1 is 1.07 bits per heavy atom. The van der Waals surface area contributed by atoms with Crippen LogP contribution in [0.15, 0.2) is 42.5 Å². The maximum Gasteiger partial charge on any atom is 0.341 e. The minimum absolute atomic E-state index is 0.0307. The average Bonchev–Trinajstić information content (AvgIpc) is 3.24. The first kappa shape index (κ1) is 20.9. The number of hydrogen-bond donors (Lipinski definition) is 1. The fourth-order valence-electron chi connectivity index (χ4n) is 3.96. The SMILES string of the molecule is CCCOc1ccc(NC(=O)C2(c3ccc(C)cc3)CCCC2)cc1C(=O)OC. The number of benzene rings is 2. The average molecular weight is 395 g/mol. The van der Waals surface area contributed by atoms with Gasteiger partial charge in [-0.25, -0.2) is 4.79 Å². The molecule has 5 nitrogen and oxygen atoms in total. The van der Waals surface area contributed by atoms with Crippen LogP contribution < -0.4 is 10.1 Å². The van der Waals surface area contributed by atoms with Gasteiger partial charge in [0.05, 0.1) is 19.1 Å². The van der Waals surface area contributed by atoms with Crippen LogP contribution in [0.1, 0.15) is 60.5 Å². The number of carbonyl (C=O) groups is 2. The smallest absolute Gasteiger partial charge is 0.341 e. The minimum atomic E-state index is -0.531. The first-order valence-electron chi connectivity index (χ1n) is 10.2. The maximum atomic E-state index is 13.4. The molecule has 1 saturated carbocycles. The van der Waals surface area contributed by atoms with E-state index in [0.29, 0.717) is 23.6 Å². The molecular weight excluding hydrogens is 366 g/mol. The van der Waals surface area contributed by atoms with Gasteiger partial charge in [0.15, 0.2) is 0 Å². The number of aryl methyl sites for hydroxylation is 1. The van der Waals surface area contributed by atoms with Crippen LogP contribution in [0, 0.1) is 6.92 Å². The molecule has 3 rings (SSSR count). The van der Waals surface area contributed by atoms with Crippen molar-refractivity contribution in [2.24, 2.45) is 0 Å². The lowest BCUT2D eigenvalue weighted by Crippen LogP contribution is -2.38. The standard InChI is InChI=1S/C24H29NO4/c1-4-15-29-21-12-11-19(16-20(21)22(26)28-3)25-23(27)24(13-5-6-14-24)18-9-7-17(2)8-10-18/h7-12,16H,4-6,13-15H2,1-3H3,(H,25,27). The van der Waals surface area contributed by atoms with Crippen molar-refractivity contribution in [1.29, 1.82) is 0 Å². The van der Waals surface area contributed by atoms with Crippen LogP contribution in [-0.2, 0) is 14.9 Å². The predicted molar refractivity (Wildman–Crippen MR) is 114 cm³/mol. The molecule has 0 aliphatic heterocycles. The second-order valence-electron chi connectivity index (χ2n) is 7.66. The summed E-state index contributed by atoms with van der Waals surface area (Å²) in [4.78, 5) is 25.6. The zero-order chi connectivity index (χ0) is 20.9. The highest BCUT2D eigenvalue weighted by molar-refractivity contribution is 6.01. The topological polar surface area (TPSA) is 64.6 Å². The van der Waals surface area contributed by atoms with E-state index < -0.39 is 11.4 Å². The Labute approximate surface area is 172 Å². The van der Waals surface area contributed by atoms with Crippen LogP contribution in [-0.4, -0.2) is 25.6 Å². The number of hydrogen-bond acceptors (Lipinski definition) is 4. The Balaban J connectivity index is 1.88. The number of ether oxygens (including phenoxy) is 2. The highest BCUT2D eigenvalue weighted by Gasteiger charge is 2.42. The number of rotatable bonds is 7. The summed E-state index contributed by atoms with van der Waals surface area (Å²) in [5.41, 5.74) is 2.57. The van der Waals surface area contributed by atoms with Crippen LogP contribution in [0.25, 0.3) is 0 Å². The van der Waals surface area contributed by atoms with Crippen molar-refractivity contribution < 1.29 is 19.1 Å². The minimum Gasteiger partial charge on any atom is -0.493 e. The van der Waals surface area contributed by atoms with Gasteiger partial charge in [0.2, 0.25) is 5.91 Å². The van der Waals surface area contributed by atoms with Crippen molar-refractivity contribution in [2.45, 2.75) is 51.4 Å². The van der Waals surface area contributed by atoms with Crippen LogP contribution in [0.5, 0.6) is 5.75 Å². The molecule has 0 unspecified atom stereocenters. The molecule has 0 heterocycles. The summed E-state index contributed by atoms with van der Waals surface area (Å²) in [7, 11) is 1.34. The zero-order valence-electron chi connectivity index (χ0n) is 17.4. The van der Waals surface area contributed by atoms with Crippen LogP contribution in [0.3, 0.4) is 0 Å². The molecule has 5 heteroatoms. The van der Waals surface area contributed by atoms with E-state index in [-0.39, 0.29) is 5.91 Å². The van der Waals surface area contributed by atoms with Crippen molar-refractivity contribution in [3.05, 3.63) is 59.2 Å². The maximum absolute atomic E-state index is 13.4. The molecule has 0 spiro atoms. The van der Waals surface area contributed by atoms with E-state index in [9.17, 15) is 9.59 Å². The molecular formula is C24H29NO4. The van der Waals surface area contributed by atoms with Gasteiger partial charge in [-0.15, -0.1) is 0 Å². The number of anilines is 1. The molecule has 1 fully saturated rings. The molecule has 1 N–H and O–H groups in total. The fourth-order valence-corrected chi connectivity index (χ4v) is 3.96. The van der Waals surface area contributed by atoms with E-state index in [0.717, 1.165) is 37.7 Å². The Morgan fingerprint density at radius 2 is 1.76 bits per heavy atom. The molecule has 2 aromatic rings. The Hall–Kier alpha value is -2.82. The van der Waals surface area contributed by atoms with E-state index in [1.54, 1.807) is 18.2 Å². The number of amides is 1. The number of methoxy groups -OCH3 is 1. The third-order valence-electron chi connectivity index (χ3n) is 5.60. The van der Waals surface area contributed by atoms with Crippen molar-refractivity contribution in [3.63, 3.8) is 0 Å². The van der Waals surface area contributed by atoms with Crippen molar-refractivity contribution >= 4 is 17.6 Å². The summed E-state index contributed by atoms with van der Waals surface area (Å²) in [5.74, 6) is -0.0518. The van der Waals surface area contributed by atoms with E-state index >= 15 is 0 Å². The summed E-state index contributed by atoms with van der Waals surface area (Å²) in [6.07, 6.45) is 4.53. The molecule has 1 amide bonds. The lowest BCUT2D eigenvalue weighted by atomic mass is 9.77. The van der Waals surface area contributed by atoms with E-state index in [4.69, 9.17) is 9.47 Å². The molecule has 2 aromatic carbocycles. The fraction of sp³-hybridized carbons (Fsp3) is 0.417. The van der Waals surface area contributed by atoms with E-state index in [2.05, 4.69) is 29.6 Å². The van der Waals surface area contributed by atoms with Gasteiger partial charge < -0.3 is 14.8 Å². The molecule has 0 bridgehead atoms. The lowest BCUT2D eigenvalue weighted by Gasteiger charge is -2.28. The molecule has 0 atom stereocenters. The largest absolute Gasteiger partial charge is 0.493 e. The molecule has 1 aliphatic rings. The number of carbonyl (C=O) groups excluding carboxylic acids is 2. The van der Waals surface area contributed by atoms with Crippen molar-refractivity contribution in [3.8, 4) is 5.75 Å². The van der Waals surface area contributed by atoms with Crippen molar-refractivity contribution in [1.82, 2.24) is 0 Å². The second kappa shape index (κ2) is 9.12. The monoisotopic (exact) mass is 395 g/mol. The van der Waals surface area contributed by atoms with Gasteiger partial charge in [0.25, 0.3) is 0 Å². The molecule has 0 saturated heterocycles. The van der Waals surface area contributed by atoms with Crippen molar-refractivity contribution in [2.75, 3.05) is 19.0 Å². The van der Waals surface area contributed by atoms with Gasteiger partial charge in [-0.2, -0.15) is 0 Å². The Kier molecular flexibility index (Phi) is 6.57. The molecule has 29 heavy (non-hydrogen) atoms. The van der Waals surface area contributed by atoms with Gasteiger partial charge in [0, 0.05) is 5.69 Å². The summed E-state index contributed by atoms with van der Waals surface area (Å²) >= 11 is 0. The first-order valence-corrected chi connectivity index (χ1v) is 10.2. The van der Waals surface area contributed by atoms with Crippen LogP contribution in [0.2, 0.25) is 0 Å². The van der Waals surface area contributed by atoms with Gasteiger partial charge in [0.1, 0.15) is 11.3 Å². The summed E-state index contributed by atoms with van der Waals surface area (Å²) in [5, 5.41) is 3.04. The van der Waals surface area contributed by atoms with Crippen LogP contribution >= 0.6 is 0 Å². The quantitative estimate of drug-likeness (QED) is 0.669. The van der Waals surface area contributed by atoms with Gasteiger partial charge >= 0.3 is 5.97 Å². The Bertz CT molecular complexity index is 867. The van der Waals surface area contributed by atoms with Gasteiger partial charge in [-0.3, -0.25) is 4.79 Å². The molecule has 0 aromatic heterocycles. The summed E-state index contributed by atoms with van der Waals surface area (Å²) < 4.78 is 10.5. The third-order valence-corrected chi connectivity index (χ3v) is 5.60. The van der Waals surface area contributed by atoms with Crippen LogP contribution in [0.4, 0.5) is 5.69 Å². The molecule has 154 valence electrons. The molecule has 0 radical (unpaired) electrons. The lowest BCUT2D eigenvalue weighted by molar-refractivity contribution is -0.121. The number of nitrogens with one attached hydrogen (secondary N) is 1. The normalized spacial score (nSPS) is 15.0. The predicted octanol–water partition coefficient (Wildman–Crippen LogP) is 5.02. The third kappa shape index (κ3) is 4.44. The first-order chi connectivity index (χ1) is 14.0.